The Labute approximate surface area is 153 Å². The highest BCUT2D eigenvalue weighted by molar-refractivity contribution is 6.32. The van der Waals surface area contributed by atoms with Gasteiger partial charge in [0.15, 0.2) is 0 Å². The Morgan fingerprint density at radius 3 is 2.65 bits per heavy atom. The molecule has 0 atom stereocenters. The molecule has 0 N–H and O–H groups in total. The molecule has 0 aromatic heterocycles. The predicted octanol–water partition coefficient (Wildman–Crippen LogP) is 1.30. The van der Waals surface area contributed by atoms with Gasteiger partial charge in [0.05, 0.1) is 26.6 Å². The summed E-state index contributed by atoms with van der Waals surface area (Å²) in [5.74, 6) is 1.02. The predicted molar refractivity (Wildman–Crippen MR) is 102 cm³/mol. The summed E-state index contributed by atoms with van der Waals surface area (Å²) >= 11 is 0. The molecule has 2 aromatic rings. The zero-order chi connectivity index (χ0) is 18.7. The fraction of sp³-hybridized carbons (Fsp3) is 0.316. The Balaban J connectivity index is 1.79. The second-order valence-electron chi connectivity index (χ2n) is 6.40. The van der Waals surface area contributed by atoms with Gasteiger partial charge >= 0.3 is 0 Å². The highest BCUT2D eigenvalue weighted by Gasteiger charge is 2.27. The molecule has 0 aliphatic carbocycles. The van der Waals surface area contributed by atoms with Gasteiger partial charge in [-0.1, -0.05) is 17.6 Å². The molecule has 1 aliphatic heterocycles. The second-order valence-corrected chi connectivity index (χ2v) is 6.40. The van der Waals surface area contributed by atoms with E-state index in [9.17, 15) is 9.18 Å². The van der Waals surface area contributed by atoms with Gasteiger partial charge in [-0.3, -0.25) is 14.6 Å². The Kier molecular flexibility index (Phi) is 5.47. The van der Waals surface area contributed by atoms with E-state index in [1.807, 2.05) is 32.1 Å². The third kappa shape index (κ3) is 3.83. The van der Waals surface area contributed by atoms with Crippen LogP contribution >= 0.6 is 0 Å². The van der Waals surface area contributed by atoms with E-state index in [-0.39, 0.29) is 11.7 Å². The van der Waals surface area contributed by atoms with Crippen molar-refractivity contribution in [1.82, 2.24) is 4.90 Å². The lowest BCUT2D eigenvalue weighted by Gasteiger charge is -2.35. The number of carbonyl (C=O) groups excluding carboxylic acids is 1. The van der Waals surface area contributed by atoms with Gasteiger partial charge in [-0.15, -0.1) is 0 Å². The van der Waals surface area contributed by atoms with E-state index in [1.165, 1.54) is 11.0 Å². The average Bonchev–Trinajstić information content (AvgIpc) is 2.64. The molecule has 1 fully saturated rings. The first kappa shape index (κ1) is 18.3. The third-order valence-electron chi connectivity index (χ3n) is 4.57. The zero-order valence-corrected chi connectivity index (χ0v) is 15.3. The van der Waals surface area contributed by atoms with Crippen molar-refractivity contribution in [2.24, 2.45) is 0 Å². The summed E-state index contributed by atoms with van der Waals surface area (Å²) in [5, 5.41) is 0. The Morgan fingerprint density at radius 2 is 1.96 bits per heavy atom. The van der Waals surface area contributed by atoms with Crippen molar-refractivity contribution in [3.8, 4) is 11.5 Å². The highest BCUT2D eigenvalue weighted by Crippen LogP contribution is 2.28. The summed E-state index contributed by atoms with van der Waals surface area (Å²) in [7, 11) is 5.05. The lowest BCUT2D eigenvalue weighted by molar-refractivity contribution is -0.121. The smallest absolute Gasteiger partial charge is 0.229 e. The molecule has 1 heterocycles. The number of halogens is 1. The molecular weight excluding hydrogens is 334 g/mol. The van der Waals surface area contributed by atoms with Crippen LogP contribution < -0.4 is 19.8 Å². The number of ether oxygens (including phenoxy) is 2. The van der Waals surface area contributed by atoms with Crippen LogP contribution in [0.5, 0.6) is 11.5 Å². The number of hydrogen-bond donors (Lipinski definition) is 0. The van der Waals surface area contributed by atoms with Crippen LogP contribution in [0.4, 0.5) is 10.1 Å². The highest BCUT2D eigenvalue weighted by atomic mass is 19.1. The van der Waals surface area contributed by atoms with Crippen LogP contribution in [0.25, 0.3) is 0 Å². The third-order valence-corrected chi connectivity index (χ3v) is 4.57. The average molecular weight is 356 g/mol. The van der Waals surface area contributed by atoms with E-state index in [0.717, 1.165) is 22.5 Å². The Bertz CT molecular complexity index is 815. The van der Waals surface area contributed by atoms with Crippen molar-refractivity contribution in [1.29, 1.82) is 0 Å². The standard InChI is InChI=1S/C19H22BFN2O3/c1-25-15-5-3-13(18(10-15)26-2)11-22-8-7-19(24)23(12-22)17-6-4-14(20)9-16(17)21/h3-6,9-10H,7-8,11-12,20H2,1-2H3. The van der Waals surface area contributed by atoms with E-state index in [0.29, 0.717) is 31.9 Å². The Morgan fingerprint density at radius 1 is 1.15 bits per heavy atom. The summed E-state index contributed by atoms with van der Waals surface area (Å²) < 4.78 is 25.0. The van der Waals surface area contributed by atoms with Crippen LogP contribution in [0.1, 0.15) is 12.0 Å². The molecule has 1 saturated heterocycles. The number of rotatable bonds is 5. The summed E-state index contributed by atoms with van der Waals surface area (Å²) in [6, 6.07) is 10.6. The molecule has 26 heavy (non-hydrogen) atoms. The lowest BCUT2D eigenvalue weighted by atomic mass is 9.96. The molecule has 5 nitrogen and oxygen atoms in total. The molecule has 0 bridgehead atoms. The molecule has 1 amide bonds. The van der Waals surface area contributed by atoms with Crippen LogP contribution in [0.15, 0.2) is 36.4 Å². The number of nitrogens with zero attached hydrogens (tertiary/aromatic N) is 2. The SMILES string of the molecule is Bc1ccc(N2CN(Cc3ccc(OC)cc3OC)CCC2=O)c(F)c1. The fourth-order valence-electron chi connectivity index (χ4n) is 3.13. The van der Waals surface area contributed by atoms with Crippen molar-refractivity contribution in [2.75, 3.05) is 32.3 Å². The maximum atomic E-state index is 14.3. The van der Waals surface area contributed by atoms with Gasteiger partial charge in [0, 0.05) is 31.1 Å². The normalized spacial score (nSPS) is 15.2. The first-order valence-electron chi connectivity index (χ1n) is 8.51. The van der Waals surface area contributed by atoms with E-state index in [1.54, 1.807) is 20.3 Å². The number of carbonyl (C=O) groups is 1. The summed E-state index contributed by atoms with van der Waals surface area (Å²) in [6.07, 6.45) is 0.353. The van der Waals surface area contributed by atoms with E-state index < -0.39 is 0 Å². The molecule has 0 spiro atoms. The molecule has 1 aliphatic rings. The molecule has 0 unspecified atom stereocenters. The maximum Gasteiger partial charge on any atom is 0.229 e. The van der Waals surface area contributed by atoms with Crippen molar-refractivity contribution >= 4 is 24.9 Å². The first-order valence-corrected chi connectivity index (χ1v) is 8.51. The van der Waals surface area contributed by atoms with E-state index >= 15 is 0 Å². The van der Waals surface area contributed by atoms with Crippen molar-refractivity contribution < 1.29 is 18.7 Å². The van der Waals surface area contributed by atoms with Crippen molar-refractivity contribution in [3.63, 3.8) is 0 Å². The molecule has 0 saturated carbocycles. The number of anilines is 1. The van der Waals surface area contributed by atoms with Crippen LogP contribution in [-0.4, -0.2) is 46.1 Å². The molecule has 3 rings (SSSR count). The van der Waals surface area contributed by atoms with Crippen molar-refractivity contribution in [3.05, 3.63) is 47.8 Å². The van der Waals surface area contributed by atoms with Crippen LogP contribution in [-0.2, 0) is 11.3 Å². The van der Waals surface area contributed by atoms with Gasteiger partial charge in [0.2, 0.25) is 5.91 Å². The Hall–Kier alpha value is -2.54. The number of benzene rings is 2. The number of hydrogen-bond acceptors (Lipinski definition) is 4. The van der Waals surface area contributed by atoms with Gasteiger partial charge in [-0.2, -0.15) is 0 Å². The van der Waals surface area contributed by atoms with Crippen LogP contribution in [0, 0.1) is 5.82 Å². The topological polar surface area (TPSA) is 42.0 Å². The minimum absolute atomic E-state index is 0.0642. The molecule has 7 heteroatoms. The first-order chi connectivity index (χ1) is 12.5. The maximum absolute atomic E-state index is 14.3. The zero-order valence-electron chi connectivity index (χ0n) is 15.3. The summed E-state index contributed by atoms with van der Waals surface area (Å²) in [6.45, 7) is 1.57. The van der Waals surface area contributed by atoms with Gasteiger partial charge in [0.25, 0.3) is 0 Å². The minimum atomic E-state index is -0.373. The van der Waals surface area contributed by atoms with Gasteiger partial charge in [-0.25, -0.2) is 4.39 Å². The summed E-state index contributed by atoms with van der Waals surface area (Å²) in [5.41, 5.74) is 2.15. The molecule has 0 radical (unpaired) electrons. The monoisotopic (exact) mass is 356 g/mol. The van der Waals surface area contributed by atoms with Crippen molar-refractivity contribution in [2.45, 2.75) is 13.0 Å². The quantitative estimate of drug-likeness (QED) is 0.758. The fourth-order valence-corrected chi connectivity index (χ4v) is 3.13. The van der Waals surface area contributed by atoms with Crippen LogP contribution in [0.3, 0.4) is 0 Å². The second kappa shape index (κ2) is 7.78. The van der Waals surface area contributed by atoms with Gasteiger partial charge in [0.1, 0.15) is 25.2 Å². The minimum Gasteiger partial charge on any atom is -0.497 e. The number of methoxy groups -OCH3 is 2. The number of amides is 1. The van der Waals surface area contributed by atoms with Crippen LogP contribution in [0.2, 0.25) is 0 Å². The van der Waals surface area contributed by atoms with E-state index in [2.05, 4.69) is 4.90 Å². The van der Waals surface area contributed by atoms with E-state index in [4.69, 9.17) is 9.47 Å². The largest absolute Gasteiger partial charge is 0.497 e. The van der Waals surface area contributed by atoms with Gasteiger partial charge < -0.3 is 9.47 Å². The molecular formula is C19H22BFN2O3. The molecule has 136 valence electrons. The lowest BCUT2D eigenvalue weighted by Crippen LogP contribution is -2.48. The van der Waals surface area contributed by atoms with Gasteiger partial charge in [-0.05, 0) is 18.2 Å². The summed E-state index contributed by atoms with van der Waals surface area (Å²) in [4.78, 5) is 15.9. The molecule has 2 aromatic carbocycles.